The van der Waals surface area contributed by atoms with E-state index in [1.165, 1.54) is 11.8 Å². The largest absolute Gasteiger partial charge is 0.372 e. The van der Waals surface area contributed by atoms with Crippen molar-refractivity contribution in [1.29, 1.82) is 0 Å². The third-order valence-electron chi connectivity index (χ3n) is 4.79. The second-order valence-corrected chi connectivity index (χ2v) is 8.93. The van der Waals surface area contributed by atoms with Gasteiger partial charge in [-0.3, -0.25) is 9.59 Å². The highest BCUT2D eigenvalue weighted by Gasteiger charge is 2.40. The van der Waals surface area contributed by atoms with Gasteiger partial charge in [0.15, 0.2) is 5.17 Å². The van der Waals surface area contributed by atoms with Crippen molar-refractivity contribution in [2.75, 3.05) is 24.5 Å². The SMILES string of the molecule is C=CCN1C(=O)/C(=C2\SC(N3C[C@@H](C)O[C@H](C)C3)=NC2=O)c2cc(Br)ccc21. The third-order valence-corrected chi connectivity index (χ3v) is 6.40. The number of rotatable bonds is 2. The van der Waals surface area contributed by atoms with E-state index in [1.807, 2.05) is 32.0 Å². The Morgan fingerprint density at radius 3 is 2.71 bits per heavy atom. The minimum absolute atomic E-state index is 0.0618. The third kappa shape index (κ3) is 3.33. The first kappa shape index (κ1) is 19.4. The fourth-order valence-corrected chi connectivity index (χ4v) is 5.14. The van der Waals surface area contributed by atoms with Gasteiger partial charge in [-0.2, -0.15) is 4.99 Å². The van der Waals surface area contributed by atoms with Gasteiger partial charge >= 0.3 is 0 Å². The van der Waals surface area contributed by atoms with E-state index in [4.69, 9.17) is 4.74 Å². The van der Waals surface area contributed by atoms with Gasteiger partial charge in [0, 0.05) is 29.7 Å². The molecule has 1 fully saturated rings. The molecule has 0 aromatic heterocycles. The molecule has 4 rings (SSSR count). The van der Waals surface area contributed by atoms with E-state index in [9.17, 15) is 9.59 Å². The Bertz CT molecular complexity index is 933. The number of ether oxygens (including phenoxy) is 1. The standard InChI is InChI=1S/C20H20BrN3O3S/c1-4-7-24-15-6-5-13(21)8-14(15)16(19(24)26)17-18(25)22-20(28-17)23-9-11(2)27-12(3)10-23/h4-6,8,11-12H,1,7,9-10H2,2-3H3/b17-16-/t11-,12-/m1/s1. The minimum atomic E-state index is -0.360. The molecule has 0 N–H and O–H groups in total. The predicted octanol–water partition coefficient (Wildman–Crippen LogP) is 3.43. The zero-order valence-electron chi connectivity index (χ0n) is 15.6. The van der Waals surface area contributed by atoms with Crippen LogP contribution in [0.25, 0.3) is 5.57 Å². The van der Waals surface area contributed by atoms with Crippen molar-refractivity contribution in [3.05, 3.63) is 45.8 Å². The normalized spacial score (nSPS) is 27.3. The lowest BCUT2D eigenvalue weighted by Gasteiger charge is -2.35. The number of fused-ring (bicyclic) bond motifs is 1. The molecule has 1 saturated heterocycles. The van der Waals surface area contributed by atoms with Crippen LogP contribution in [-0.4, -0.2) is 53.7 Å². The van der Waals surface area contributed by atoms with Gasteiger partial charge in [-0.25, -0.2) is 0 Å². The lowest BCUT2D eigenvalue weighted by atomic mass is 10.1. The number of carbonyl (C=O) groups excluding carboxylic acids is 2. The zero-order valence-corrected chi connectivity index (χ0v) is 18.0. The van der Waals surface area contributed by atoms with Crippen LogP contribution in [0, 0.1) is 0 Å². The molecule has 2 atom stereocenters. The second-order valence-electron chi connectivity index (χ2n) is 7.03. The van der Waals surface area contributed by atoms with E-state index in [-0.39, 0.29) is 24.0 Å². The Kier molecular flexibility index (Phi) is 5.20. The summed E-state index contributed by atoms with van der Waals surface area (Å²) in [5.74, 6) is -0.550. The number of thioether (sulfide) groups is 1. The number of benzene rings is 1. The summed E-state index contributed by atoms with van der Waals surface area (Å²) in [6, 6.07) is 5.65. The number of anilines is 1. The van der Waals surface area contributed by atoms with Gasteiger partial charge < -0.3 is 14.5 Å². The molecule has 2 amide bonds. The number of halogens is 1. The highest BCUT2D eigenvalue weighted by Crippen LogP contribution is 2.44. The maximum absolute atomic E-state index is 13.1. The molecule has 3 heterocycles. The molecular weight excluding hydrogens is 442 g/mol. The summed E-state index contributed by atoms with van der Waals surface area (Å²) in [5.41, 5.74) is 1.95. The maximum Gasteiger partial charge on any atom is 0.287 e. The first-order chi connectivity index (χ1) is 13.4. The van der Waals surface area contributed by atoms with Gasteiger partial charge in [-0.15, -0.1) is 6.58 Å². The maximum atomic E-state index is 13.1. The Hall–Kier alpha value is -1.90. The summed E-state index contributed by atoms with van der Waals surface area (Å²) in [6.45, 7) is 9.48. The van der Waals surface area contributed by atoms with Gasteiger partial charge in [0.25, 0.3) is 11.8 Å². The van der Waals surface area contributed by atoms with E-state index in [0.29, 0.717) is 35.3 Å². The summed E-state index contributed by atoms with van der Waals surface area (Å²) >= 11 is 4.75. The zero-order chi connectivity index (χ0) is 20.0. The molecule has 1 aromatic carbocycles. The average molecular weight is 462 g/mol. The van der Waals surface area contributed by atoms with E-state index in [0.717, 1.165) is 15.7 Å². The quantitative estimate of drug-likeness (QED) is 0.498. The monoisotopic (exact) mass is 461 g/mol. The van der Waals surface area contributed by atoms with Crippen molar-refractivity contribution in [2.45, 2.75) is 26.1 Å². The Balaban J connectivity index is 1.72. The minimum Gasteiger partial charge on any atom is -0.372 e. The van der Waals surface area contributed by atoms with E-state index in [2.05, 4.69) is 32.4 Å². The van der Waals surface area contributed by atoms with E-state index >= 15 is 0 Å². The summed E-state index contributed by atoms with van der Waals surface area (Å²) in [7, 11) is 0. The fourth-order valence-electron chi connectivity index (χ4n) is 3.76. The Morgan fingerprint density at radius 1 is 1.32 bits per heavy atom. The Labute approximate surface area is 176 Å². The fraction of sp³-hybridized carbons (Fsp3) is 0.350. The number of hydrogen-bond donors (Lipinski definition) is 0. The first-order valence-electron chi connectivity index (χ1n) is 9.07. The Morgan fingerprint density at radius 2 is 2.04 bits per heavy atom. The van der Waals surface area contributed by atoms with E-state index in [1.54, 1.807) is 11.0 Å². The topological polar surface area (TPSA) is 62.2 Å². The molecule has 0 spiro atoms. The molecule has 3 aliphatic rings. The summed E-state index contributed by atoms with van der Waals surface area (Å²) in [6.07, 6.45) is 1.80. The number of amidine groups is 1. The van der Waals surface area contributed by atoms with Crippen molar-refractivity contribution in [3.8, 4) is 0 Å². The van der Waals surface area contributed by atoms with Crippen molar-refractivity contribution in [1.82, 2.24) is 4.90 Å². The van der Waals surface area contributed by atoms with Gasteiger partial charge in [-0.1, -0.05) is 22.0 Å². The number of morpholine rings is 1. The van der Waals surface area contributed by atoms with Crippen LogP contribution < -0.4 is 4.90 Å². The average Bonchev–Trinajstić information content (AvgIpc) is 3.12. The van der Waals surface area contributed by atoms with Gasteiger partial charge in [0.05, 0.1) is 28.4 Å². The van der Waals surface area contributed by atoms with Crippen LogP contribution in [0.2, 0.25) is 0 Å². The number of nitrogens with zero attached hydrogens (tertiary/aromatic N) is 3. The molecule has 28 heavy (non-hydrogen) atoms. The van der Waals surface area contributed by atoms with Crippen LogP contribution in [0.1, 0.15) is 19.4 Å². The van der Waals surface area contributed by atoms with Crippen molar-refractivity contribution < 1.29 is 14.3 Å². The highest BCUT2D eigenvalue weighted by molar-refractivity contribution is 9.10. The summed E-state index contributed by atoms with van der Waals surface area (Å²) in [4.78, 5) is 34.2. The number of amides is 2. The van der Waals surface area contributed by atoms with Crippen LogP contribution in [0.15, 0.2) is 45.2 Å². The second kappa shape index (κ2) is 7.50. The smallest absolute Gasteiger partial charge is 0.287 e. The van der Waals surface area contributed by atoms with Crippen LogP contribution >= 0.6 is 27.7 Å². The van der Waals surface area contributed by atoms with Crippen LogP contribution in [-0.2, 0) is 14.3 Å². The van der Waals surface area contributed by atoms with Crippen molar-refractivity contribution in [3.63, 3.8) is 0 Å². The molecule has 0 unspecified atom stereocenters. The van der Waals surface area contributed by atoms with Crippen molar-refractivity contribution >= 4 is 55.9 Å². The molecule has 0 saturated carbocycles. The lowest BCUT2D eigenvalue weighted by Crippen LogP contribution is -2.47. The molecule has 0 bridgehead atoms. The molecule has 0 aliphatic carbocycles. The first-order valence-corrected chi connectivity index (χ1v) is 10.7. The van der Waals surface area contributed by atoms with Crippen LogP contribution in [0.4, 0.5) is 5.69 Å². The van der Waals surface area contributed by atoms with Crippen LogP contribution in [0.5, 0.6) is 0 Å². The molecule has 6 nitrogen and oxygen atoms in total. The predicted molar refractivity (Wildman–Crippen MR) is 115 cm³/mol. The molecule has 0 radical (unpaired) electrons. The van der Waals surface area contributed by atoms with Gasteiger partial charge in [0.1, 0.15) is 0 Å². The van der Waals surface area contributed by atoms with Crippen LogP contribution in [0.3, 0.4) is 0 Å². The number of carbonyl (C=O) groups is 2. The van der Waals surface area contributed by atoms with Crippen molar-refractivity contribution in [2.24, 2.45) is 4.99 Å². The number of aliphatic imine (C=N–C) groups is 1. The molecule has 3 aliphatic heterocycles. The summed E-state index contributed by atoms with van der Waals surface area (Å²) < 4.78 is 6.62. The van der Waals surface area contributed by atoms with Gasteiger partial charge in [-0.05, 0) is 43.8 Å². The lowest BCUT2D eigenvalue weighted by molar-refractivity contribution is -0.115. The summed E-state index contributed by atoms with van der Waals surface area (Å²) in [5, 5.41) is 0.640. The highest BCUT2D eigenvalue weighted by atomic mass is 79.9. The molecule has 1 aromatic rings. The van der Waals surface area contributed by atoms with E-state index < -0.39 is 0 Å². The molecule has 146 valence electrons. The number of hydrogen-bond acceptors (Lipinski definition) is 5. The van der Waals surface area contributed by atoms with Gasteiger partial charge in [0.2, 0.25) is 0 Å². The molecular formula is C20H20BrN3O3S. The molecule has 8 heteroatoms.